The molecule has 0 aliphatic rings. The van der Waals surface area contributed by atoms with Crippen LogP contribution in [0.5, 0.6) is 0 Å². The maximum absolute atomic E-state index is 11.0. The third-order valence-corrected chi connectivity index (χ3v) is 4.28. The Morgan fingerprint density at radius 2 is 1.95 bits per heavy atom. The Bertz CT molecular complexity index is 806. The topological polar surface area (TPSA) is 50.2 Å². The fourth-order valence-corrected chi connectivity index (χ4v) is 3.08. The number of aromatic nitrogens is 1. The summed E-state index contributed by atoms with van der Waals surface area (Å²) in [5, 5.41) is 12.1. The molecule has 0 amide bonds. The molecule has 22 heavy (non-hydrogen) atoms. The van der Waals surface area contributed by atoms with Gasteiger partial charge in [0.05, 0.1) is 16.3 Å². The Morgan fingerprint density at radius 1 is 1.18 bits per heavy atom. The number of carboxylic acids is 1. The fraction of sp³-hybridized carbons (Fsp3) is 0.111. The van der Waals surface area contributed by atoms with Gasteiger partial charge in [0.25, 0.3) is 0 Å². The zero-order valence-electron chi connectivity index (χ0n) is 12.1. The van der Waals surface area contributed by atoms with Crippen molar-refractivity contribution in [3.8, 4) is 11.3 Å². The van der Waals surface area contributed by atoms with E-state index in [1.54, 1.807) is 29.5 Å². The third kappa shape index (κ3) is 3.23. The number of thiazole rings is 1. The van der Waals surface area contributed by atoms with Gasteiger partial charge in [-0.3, -0.25) is 0 Å². The highest BCUT2D eigenvalue weighted by Crippen LogP contribution is 2.24. The zero-order valence-corrected chi connectivity index (χ0v) is 12.9. The standard InChI is InChI=1S/C18H15NO2S/c1-12-5-7-14(8-6-12)16-11-22-17(19-16)10-13-3-2-4-15(9-13)18(20)21/h2-9,11H,10H2,1H3,(H,20,21). The van der Waals surface area contributed by atoms with E-state index in [9.17, 15) is 4.79 Å². The van der Waals surface area contributed by atoms with Crippen LogP contribution in [0.15, 0.2) is 53.9 Å². The van der Waals surface area contributed by atoms with Crippen molar-refractivity contribution in [1.82, 2.24) is 4.98 Å². The van der Waals surface area contributed by atoms with Crippen LogP contribution >= 0.6 is 11.3 Å². The molecule has 0 aliphatic carbocycles. The van der Waals surface area contributed by atoms with E-state index in [4.69, 9.17) is 5.11 Å². The first kappa shape index (κ1) is 14.5. The number of rotatable bonds is 4. The van der Waals surface area contributed by atoms with E-state index in [-0.39, 0.29) is 0 Å². The van der Waals surface area contributed by atoms with Crippen LogP contribution in [0.2, 0.25) is 0 Å². The summed E-state index contributed by atoms with van der Waals surface area (Å²) in [6.07, 6.45) is 0.650. The van der Waals surface area contributed by atoms with E-state index in [1.165, 1.54) is 5.56 Å². The number of aromatic carboxylic acids is 1. The van der Waals surface area contributed by atoms with Crippen LogP contribution in [0.4, 0.5) is 0 Å². The van der Waals surface area contributed by atoms with Crippen molar-refractivity contribution < 1.29 is 9.90 Å². The van der Waals surface area contributed by atoms with Gasteiger partial charge in [-0.15, -0.1) is 11.3 Å². The maximum Gasteiger partial charge on any atom is 0.335 e. The van der Waals surface area contributed by atoms with Gasteiger partial charge >= 0.3 is 5.97 Å². The SMILES string of the molecule is Cc1ccc(-c2csc(Cc3cccc(C(=O)O)c3)n2)cc1. The Balaban J connectivity index is 1.81. The quantitative estimate of drug-likeness (QED) is 0.776. The van der Waals surface area contributed by atoms with Crippen molar-refractivity contribution in [1.29, 1.82) is 0 Å². The minimum atomic E-state index is -0.902. The molecule has 1 heterocycles. The smallest absolute Gasteiger partial charge is 0.335 e. The number of carbonyl (C=O) groups is 1. The van der Waals surface area contributed by atoms with Crippen LogP contribution in [-0.4, -0.2) is 16.1 Å². The van der Waals surface area contributed by atoms with Gasteiger partial charge in [0.2, 0.25) is 0 Å². The van der Waals surface area contributed by atoms with Gasteiger partial charge < -0.3 is 5.11 Å². The lowest BCUT2D eigenvalue weighted by Gasteiger charge is -2.00. The molecule has 4 heteroatoms. The van der Waals surface area contributed by atoms with Crippen molar-refractivity contribution in [2.24, 2.45) is 0 Å². The second-order valence-corrected chi connectivity index (χ2v) is 6.12. The molecule has 0 fully saturated rings. The minimum Gasteiger partial charge on any atom is -0.478 e. The molecule has 0 saturated heterocycles. The molecule has 1 N–H and O–H groups in total. The molecule has 3 nitrogen and oxygen atoms in total. The number of hydrogen-bond donors (Lipinski definition) is 1. The molecule has 0 atom stereocenters. The van der Waals surface area contributed by atoms with E-state index in [2.05, 4.69) is 36.2 Å². The molecule has 3 rings (SSSR count). The highest BCUT2D eigenvalue weighted by atomic mass is 32.1. The molecule has 0 spiro atoms. The van der Waals surface area contributed by atoms with Crippen molar-refractivity contribution in [2.75, 3.05) is 0 Å². The van der Waals surface area contributed by atoms with Crippen LogP contribution in [0, 0.1) is 6.92 Å². The predicted octanol–water partition coefficient (Wildman–Crippen LogP) is 4.41. The molecule has 0 aliphatic heterocycles. The summed E-state index contributed by atoms with van der Waals surface area (Å²) >= 11 is 1.60. The lowest BCUT2D eigenvalue weighted by Crippen LogP contribution is -1.97. The number of hydrogen-bond acceptors (Lipinski definition) is 3. The summed E-state index contributed by atoms with van der Waals surface area (Å²) in [7, 11) is 0. The summed E-state index contributed by atoms with van der Waals surface area (Å²) in [6.45, 7) is 2.06. The van der Waals surface area contributed by atoms with E-state index < -0.39 is 5.97 Å². The Labute approximate surface area is 132 Å². The normalized spacial score (nSPS) is 10.6. The van der Waals surface area contributed by atoms with Gasteiger partial charge in [0, 0.05) is 17.4 Å². The van der Waals surface area contributed by atoms with Crippen LogP contribution in [0.25, 0.3) is 11.3 Å². The van der Waals surface area contributed by atoms with E-state index in [1.807, 2.05) is 11.4 Å². The predicted molar refractivity (Wildman–Crippen MR) is 88.5 cm³/mol. The molecule has 0 unspecified atom stereocenters. The minimum absolute atomic E-state index is 0.313. The summed E-state index contributed by atoms with van der Waals surface area (Å²) in [5.74, 6) is -0.902. The summed E-state index contributed by atoms with van der Waals surface area (Å²) < 4.78 is 0. The van der Waals surface area contributed by atoms with Crippen molar-refractivity contribution >= 4 is 17.3 Å². The molecule has 3 aromatic rings. The van der Waals surface area contributed by atoms with Crippen molar-refractivity contribution in [3.63, 3.8) is 0 Å². The molecule has 0 saturated carbocycles. The van der Waals surface area contributed by atoms with Crippen LogP contribution in [0.1, 0.15) is 26.5 Å². The maximum atomic E-state index is 11.0. The monoisotopic (exact) mass is 309 g/mol. The Kier molecular flexibility index (Phi) is 4.02. The molecule has 0 radical (unpaired) electrons. The lowest BCUT2D eigenvalue weighted by molar-refractivity contribution is 0.0697. The summed E-state index contributed by atoms with van der Waals surface area (Å²) in [5.41, 5.74) is 4.57. The number of aryl methyl sites for hydroxylation is 1. The van der Waals surface area contributed by atoms with Crippen LogP contribution < -0.4 is 0 Å². The van der Waals surface area contributed by atoms with Gasteiger partial charge in [-0.05, 0) is 24.6 Å². The van der Waals surface area contributed by atoms with Crippen LogP contribution in [0.3, 0.4) is 0 Å². The zero-order chi connectivity index (χ0) is 15.5. The number of benzene rings is 2. The van der Waals surface area contributed by atoms with E-state index >= 15 is 0 Å². The molecule has 110 valence electrons. The first-order valence-electron chi connectivity index (χ1n) is 6.95. The Hall–Kier alpha value is -2.46. The first-order valence-corrected chi connectivity index (χ1v) is 7.83. The van der Waals surface area contributed by atoms with E-state index in [0.29, 0.717) is 12.0 Å². The van der Waals surface area contributed by atoms with Gasteiger partial charge in [-0.2, -0.15) is 0 Å². The summed E-state index contributed by atoms with van der Waals surface area (Å²) in [6, 6.07) is 15.3. The molecule has 0 bridgehead atoms. The van der Waals surface area contributed by atoms with Crippen molar-refractivity contribution in [2.45, 2.75) is 13.3 Å². The first-order chi connectivity index (χ1) is 10.6. The second kappa shape index (κ2) is 6.12. The van der Waals surface area contributed by atoms with Crippen molar-refractivity contribution in [3.05, 3.63) is 75.6 Å². The highest BCUT2D eigenvalue weighted by Gasteiger charge is 2.07. The van der Waals surface area contributed by atoms with Gasteiger partial charge in [0.1, 0.15) is 0 Å². The largest absolute Gasteiger partial charge is 0.478 e. The average molecular weight is 309 g/mol. The third-order valence-electron chi connectivity index (χ3n) is 3.43. The number of carboxylic acid groups (broad SMARTS) is 1. The summed E-state index contributed by atoms with van der Waals surface area (Å²) in [4.78, 5) is 15.7. The Morgan fingerprint density at radius 3 is 2.68 bits per heavy atom. The average Bonchev–Trinajstić information content (AvgIpc) is 2.96. The van der Waals surface area contributed by atoms with Gasteiger partial charge in [-0.25, -0.2) is 9.78 Å². The van der Waals surface area contributed by atoms with Gasteiger partial charge in [-0.1, -0.05) is 42.0 Å². The molecule has 1 aromatic heterocycles. The lowest BCUT2D eigenvalue weighted by atomic mass is 10.1. The van der Waals surface area contributed by atoms with Gasteiger partial charge in [0.15, 0.2) is 0 Å². The number of nitrogens with zero attached hydrogens (tertiary/aromatic N) is 1. The second-order valence-electron chi connectivity index (χ2n) is 5.17. The molecular weight excluding hydrogens is 294 g/mol. The van der Waals surface area contributed by atoms with Crippen LogP contribution in [-0.2, 0) is 6.42 Å². The highest BCUT2D eigenvalue weighted by molar-refractivity contribution is 7.10. The molecular formula is C18H15NO2S. The van der Waals surface area contributed by atoms with E-state index in [0.717, 1.165) is 21.8 Å². The molecule has 2 aromatic carbocycles. The fourth-order valence-electron chi connectivity index (χ4n) is 2.24.